The molecule has 0 bridgehead atoms. The van der Waals surface area contributed by atoms with E-state index in [1.807, 2.05) is 91.0 Å². The molecule has 0 aromatic heterocycles. The topological polar surface area (TPSA) is 160 Å². The lowest BCUT2D eigenvalue weighted by atomic mass is 9.98. The second kappa shape index (κ2) is 16.2. The van der Waals surface area contributed by atoms with E-state index in [1.165, 1.54) is 6.08 Å². The fourth-order valence-corrected chi connectivity index (χ4v) is 5.91. The van der Waals surface area contributed by atoms with Crippen molar-refractivity contribution < 1.29 is 38.6 Å². The van der Waals surface area contributed by atoms with Gasteiger partial charge < -0.3 is 30.5 Å². The van der Waals surface area contributed by atoms with Crippen LogP contribution in [0.1, 0.15) is 35.4 Å². The SMILES string of the molecule is C=CCOC(=O)CCC(C(=O)O)C(=O)NCNC(=O)[C@H](Cc1ccc2ccccc2c1)NC(=O)OCC1c2ccccc2-c2ccccc21. The molecule has 0 heterocycles. The van der Waals surface area contributed by atoms with Crippen molar-refractivity contribution in [2.45, 2.75) is 31.2 Å². The minimum absolute atomic E-state index is 0.0285. The number of ether oxygens (including phenoxy) is 2. The van der Waals surface area contributed by atoms with Crippen LogP contribution in [0, 0.1) is 5.92 Å². The summed E-state index contributed by atoms with van der Waals surface area (Å²) in [5.41, 5.74) is 5.04. The molecule has 0 saturated carbocycles. The maximum atomic E-state index is 13.4. The summed E-state index contributed by atoms with van der Waals surface area (Å²) in [5.74, 6) is -5.32. The third kappa shape index (κ3) is 8.69. The standard InChI is InChI=1S/C38H37N3O8/c1-2-19-48-34(42)18-17-31(37(45)46)35(43)39-23-40-36(44)33(21-24-15-16-25-9-3-4-10-26(25)20-24)41-38(47)49-22-32-29-13-7-5-11-27(29)28-12-6-8-14-30(28)32/h2-16,20,31-33H,1,17-19,21-23H2,(H,39,43)(H,40,44)(H,41,47)(H,45,46)/t31?,33-/m0/s1. The number of alkyl carbamates (subject to hydrolysis) is 1. The van der Waals surface area contributed by atoms with E-state index in [2.05, 4.69) is 22.5 Å². The number of hydrogen-bond donors (Lipinski definition) is 4. The van der Waals surface area contributed by atoms with Crippen LogP contribution in [-0.2, 0) is 35.1 Å². The fraction of sp³-hybridized carbons (Fsp3) is 0.237. The zero-order valence-electron chi connectivity index (χ0n) is 26.7. The molecule has 2 atom stereocenters. The number of hydrogen-bond acceptors (Lipinski definition) is 7. The highest BCUT2D eigenvalue weighted by atomic mass is 16.5. The molecule has 3 amide bonds. The highest BCUT2D eigenvalue weighted by Gasteiger charge is 2.31. The van der Waals surface area contributed by atoms with Crippen molar-refractivity contribution in [1.29, 1.82) is 0 Å². The molecule has 4 N–H and O–H groups in total. The van der Waals surface area contributed by atoms with Crippen molar-refractivity contribution in [3.63, 3.8) is 0 Å². The Kier molecular flexibility index (Phi) is 11.4. The number of carbonyl (C=O) groups excluding carboxylic acids is 4. The lowest BCUT2D eigenvalue weighted by molar-refractivity contribution is -0.148. The van der Waals surface area contributed by atoms with E-state index in [1.54, 1.807) is 0 Å². The number of rotatable bonds is 15. The first-order valence-corrected chi connectivity index (χ1v) is 15.9. The lowest BCUT2D eigenvalue weighted by Gasteiger charge is -2.21. The van der Waals surface area contributed by atoms with Crippen LogP contribution in [-0.4, -0.2) is 60.9 Å². The summed E-state index contributed by atoms with van der Waals surface area (Å²) in [6.07, 6.45) is 0.111. The average Bonchev–Trinajstić information content (AvgIpc) is 3.42. The van der Waals surface area contributed by atoms with Gasteiger partial charge in [0, 0.05) is 18.8 Å². The van der Waals surface area contributed by atoms with Crippen LogP contribution in [0.3, 0.4) is 0 Å². The van der Waals surface area contributed by atoms with Gasteiger partial charge in [-0.25, -0.2) is 4.79 Å². The van der Waals surface area contributed by atoms with Crippen LogP contribution >= 0.6 is 0 Å². The number of carboxylic acids is 1. The summed E-state index contributed by atoms with van der Waals surface area (Å²) < 4.78 is 10.5. The quantitative estimate of drug-likeness (QED) is 0.0617. The summed E-state index contributed by atoms with van der Waals surface area (Å²) in [4.78, 5) is 62.7. The number of carbonyl (C=O) groups is 5. The molecule has 252 valence electrons. The van der Waals surface area contributed by atoms with Gasteiger partial charge in [0.05, 0.1) is 6.67 Å². The number of benzene rings is 4. The van der Waals surface area contributed by atoms with Gasteiger partial charge in [-0.1, -0.05) is 104 Å². The molecule has 0 aliphatic heterocycles. The number of amides is 3. The predicted molar refractivity (Wildman–Crippen MR) is 182 cm³/mol. The second-order valence-corrected chi connectivity index (χ2v) is 11.6. The molecule has 0 spiro atoms. The molecule has 1 aliphatic rings. The van der Waals surface area contributed by atoms with Crippen LogP contribution in [0.4, 0.5) is 4.79 Å². The Hall–Kier alpha value is -5.97. The summed E-state index contributed by atoms with van der Waals surface area (Å²) in [5, 5.41) is 19.1. The van der Waals surface area contributed by atoms with Crippen LogP contribution in [0.15, 0.2) is 104 Å². The largest absolute Gasteiger partial charge is 0.481 e. The zero-order valence-corrected chi connectivity index (χ0v) is 26.7. The third-order valence-corrected chi connectivity index (χ3v) is 8.35. The normalized spacial score (nSPS) is 12.9. The first kappa shape index (κ1) is 34.4. The fourth-order valence-electron chi connectivity index (χ4n) is 5.91. The van der Waals surface area contributed by atoms with E-state index in [0.29, 0.717) is 0 Å². The molecule has 1 aliphatic carbocycles. The first-order valence-electron chi connectivity index (χ1n) is 15.9. The summed E-state index contributed by atoms with van der Waals surface area (Å²) in [7, 11) is 0. The second-order valence-electron chi connectivity index (χ2n) is 11.6. The molecule has 0 saturated heterocycles. The Morgan fingerprint density at radius 2 is 1.43 bits per heavy atom. The van der Waals surface area contributed by atoms with Crippen LogP contribution in [0.2, 0.25) is 0 Å². The Bertz CT molecular complexity index is 1830. The molecule has 1 unspecified atom stereocenters. The van der Waals surface area contributed by atoms with Crippen molar-refractivity contribution in [2.75, 3.05) is 19.9 Å². The maximum Gasteiger partial charge on any atom is 0.407 e. The molecular weight excluding hydrogens is 626 g/mol. The number of carboxylic acid groups (broad SMARTS) is 1. The van der Waals surface area contributed by atoms with Crippen molar-refractivity contribution in [1.82, 2.24) is 16.0 Å². The number of nitrogens with one attached hydrogen (secondary N) is 3. The van der Waals surface area contributed by atoms with Crippen LogP contribution < -0.4 is 16.0 Å². The minimum Gasteiger partial charge on any atom is -0.481 e. The van der Waals surface area contributed by atoms with E-state index >= 15 is 0 Å². The maximum absolute atomic E-state index is 13.4. The van der Waals surface area contributed by atoms with Gasteiger partial charge >= 0.3 is 18.0 Å². The van der Waals surface area contributed by atoms with Crippen LogP contribution in [0.5, 0.6) is 0 Å². The van der Waals surface area contributed by atoms with E-state index in [0.717, 1.165) is 38.6 Å². The molecule has 4 aromatic carbocycles. The molecule has 11 heteroatoms. The Balaban J connectivity index is 1.23. The Morgan fingerprint density at radius 1 is 0.796 bits per heavy atom. The highest BCUT2D eigenvalue weighted by Crippen LogP contribution is 2.44. The van der Waals surface area contributed by atoms with Gasteiger partial charge in [-0.2, -0.15) is 0 Å². The molecule has 5 rings (SSSR count). The van der Waals surface area contributed by atoms with E-state index in [4.69, 9.17) is 9.47 Å². The van der Waals surface area contributed by atoms with Crippen LogP contribution in [0.25, 0.3) is 21.9 Å². The lowest BCUT2D eigenvalue weighted by Crippen LogP contribution is -2.51. The molecule has 49 heavy (non-hydrogen) atoms. The van der Waals surface area contributed by atoms with Gasteiger partial charge in [0.2, 0.25) is 11.8 Å². The average molecular weight is 664 g/mol. The molecule has 11 nitrogen and oxygen atoms in total. The third-order valence-electron chi connectivity index (χ3n) is 8.35. The highest BCUT2D eigenvalue weighted by molar-refractivity contribution is 5.97. The molecule has 0 radical (unpaired) electrons. The number of fused-ring (bicyclic) bond motifs is 4. The van der Waals surface area contributed by atoms with Crippen molar-refractivity contribution in [3.05, 3.63) is 120 Å². The van der Waals surface area contributed by atoms with E-state index in [9.17, 15) is 29.1 Å². The predicted octanol–water partition coefficient (Wildman–Crippen LogP) is 4.69. The molecule has 0 fully saturated rings. The van der Waals surface area contributed by atoms with Gasteiger partial charge in [-0.15, -0.1) is 0 Å². The monoisotopic (exact) mass is 663 g/mol. The summed E-state index contributed by atoms with van der Waals surface area (Å²) in [6.45, 7) is 3.05. The Morgan fingerprint density at radius 3 is 2.10 bits per heavy atom. The first-order chi connectivity index (χ1) is 23.7. The van der Waals surface area contributed by atoms with Crippen molar-refractivity contribution in [2.24, 2.45) is 5.92 Å². The summed E-state index contributed by atoms with van der Waals surface area (Å²) >= 11 is 0. The Labute approximate surface area is 283 Å². The number of esters is 1. The van der Waals surface area contributed by atoms with Crippen molar-refractivity contribution in [3.8, 4) is 11.1 Å². The van der Waals surface area contributed by atoms with E-state index in [-0.39, 0.29) is 38.4 Å². The number of aliphatic carboxylic acids is 1. The zero-order chi connectivity index (χ0) is 34.8. The van der Waals surface area contributed by atoms with Gasteiger partial charge in [-0.05, 0) is 45.0 Å². The minimum atomic E-state index is -1.54. The van der Waals surface area contributed by atoms with Gasteiger partial charge in [0.15, 0.2) is 0 Å². The van der Waals surface area contributed by atoms with E-state index < -0.39 is 48.5 Å². The van der Waals surface area contributed by atoms with Gasteiger partial charge in [0.1, 0.15) is 25.2 Å². The van der Waals surface area contributed by atoms with Crippen molar-refractivity contribution >= 4 is 40.6 Å². The summed E-state index contributed by atoms with van der Waals surface area (Å²) in [6, 6.07) is 28.3. The molecular formula is C38H37N3O8. The molecule has 4 aromatic rings. The van der Waals surface area contributed by atoms with Gasteiger partial charge in [0.25, 0.3) is 0 Å². The smallest absolute Gasteiger partial charge is 0.407 e. The van der Waals surface area contributed by atoms with Gasteiger partial charge in [-0.3, -0.25) is 19.2 Å².